The molecule has 0 aliphatic carbocycles. The summed E-state index contributed by atoms with van der Waals surface area (Å²) in [6.45, 7) is 6.27. The molecular weight excluding hydrogens is 250 g/mol. The molecule has 0 aromatic heterocycles. The third kappa shape index (κ3) is 4.39. The number of phenolic OH excluding ortho intramolecular Hbond substituents is 1. The SMILES string of the molecule is COc1cc(CN(C)CCC(C)C)cc(Cl)c1O. The van der Waals surface area contributed by atoms with Gasteiger partial charge in [0.05, 0.1) is 12.1 Å². The molecule has 0 saturated carbocycles. The number of hydrogen-bond acceptors (Lipinski definition) is 3. The molecule has 1 rings (SSSR count). The van der Waals surface area contributed by atoms with Crippen LogP contribution in [0.25, 0.3) is 0 Å². The molecule has 18 heavy (non-hydrogen) atoms. The van der Waals surface area contributed by atoms with Gasteiger partial charge in [0.25, 0.3) is 0 Å². The van der Waals surface area contributed by atoms with Crippen LogP contribution in [0.5, 0.6) is 11.5 Å². The molecule has 0 heterocycles. The van der Waals surface area contributed by atoms with Gasteiger partial charge < -0.3 is 14.7 Å². The van der Waals surface area contributed by atoms with Crippen LogP contribution in [-0.2, 0) is 6.54 Å². The third-order valence-electron chi connectivity index (χ3n) is 2.85. The molecule has 0 atom stereocenters. The zero-order valence-corrected chi connectivity index (χ0v) is 12.3. The molecule has 102 valence electrons. The van der Waals surface area contributed by atoms with Crippen molar-refractivity contribution in [1.82, 2.24) is 4.90 Å². The Hall–Kier alpha value is -0.930. The molecule has 0 aliphatic rings. The first-order chi connectivity index (χ1) is 8.43. The number of aromatic hydroxyl groups is 1. The van der Waals surface area contributed by atoms with Crippen LogP contribution in [0.1, 0.15) is 25.8 Å². The summed E-state index contributed by atoms with van der Waals surface area (Å²) in [7, 11) is 3.60. The Morgan fingerprint density at radius 3 is 2.61 bits per heavy atom. The lowest BCUT2D eigenvalue weighted by atomic mass is 10.1. The Morgan fingerprint density at radius 1 is 1.39 bits per heavy atom. The van der Waals surface area contributed by atoms with E-state index < -0.39 is 0 Å². The van der Waals surface area contributed by atoms with Crippen molar-refractivity contribution in [3.05, 3.63) is 22.7 Å². The lowest BCUT2D eigenvalue weighted by Crippen LogP contribution is -2.20. The smallest absolute Gasteiger partial charge is 0.176 e. The van der Waals surface area contributed by atoms with Crippen molar-refractivity contribution >= 4 is 11.6 Å². The molecule has 0 unspecified atom stereocenters. The van der Waals surface area contributed by atoms with Gasteiger partial charge in [-0.3, -0.25) is 0 Å². The van der Waals surface area contributed by atoms with Gasteiger partial charge in [-0.2, -0.15) is 0 Å². The van der Waals surface area contributed by atoms with E-state index in [9.17, 15) is 5.11 Å². The second-order valence-corrected chi connectivity index (χ2v) is 5.46. The number of halogens is 1. The van der Waals surface area contributed by atoms with E-state index >= 15 is 0 Å². The molecule has 1 aromatic carbocycles. The fourth-order valence-electron chi connectivity index (χ4n) is 1.74. The molecule has 0 aliphatic heterocycles. The molecule has 0 radical (unpaired) electrons. The van der Waals surface area contributed by atoms with Crippen LogP contribution in [0.4, 0.5) is 0 Å². The third-order valence-corrected chi connectivity index (χ3v) is 3.14. The number of hydrogen-bond donors (Lipinski definition) is 1. The number of rotatable bonds is 6. The molecular formula is C14H22ClNO2. The van der Waals surface area contributed by atoms with E-state index in [0.29, 0.717) is 16.7 Å². The normalized spacial score (nSPS) is 11.3. The average Bonchev–Trinajstić information content (AvgIpc) is 2.31. The fraction of sp³-hybridized carbons (Fsp3) is 0.571. The van der Waals surface area contributed by atoms with Gasteiger partial charge in [0.15, 0.2) is 11.5 Å². The van der Waals surface area contributed by atoms with Crippen molar-refractivity contribution in [2.45, 2.75) is 26.8 Å². The summed E-state index contributed by atoms with van der Waals surface area (Å²) < 4.78 is 5.09. The molecule has 0 bridgehead atoms. The molecule has 3 nitrogen and oxygen atoms in total. The Bertz CT molecular complexity index is 394. The molecule has 1 aromatic rings. The number of benzene rings is 1. The minimum Gasteiger partial charge on any atom is -0.503 e. The first-order valence-corrected chi connectivity index (χ1v) is 6.55. The highest BCUT2D eigenvalue weighted by atomic mass is 35.5. The Labute approximate surface area is 114 Å². The molecule has 0 fully saturated rings. The second-order valence-electron chi connectivity index (χ2n) is 5.05. The molecule has 0 amide bonds. The van der Waals surface area contributed by atoms with Crippen molar-refractivity contribution in [2.75, 3.05) is 20.7 Å². The Morgan fingerprint density at radius 2 is 2.06 bits per heavy atom. The lowest BCUT2D eigenvalue weighted by Gasteiger charge is -2.18. The number of phenols is 1. The lowest BCUT2D eigenvalue weighted by molar-refractivity contribution is 0.302. The number of nitrogens with zero attached hydrogens (tertiary/aromatic N) is 1. The van der Waals surface area contributed by atoms with Crippen LogP contribution >= 0.6 is 11.6 Å². The summed E-state index contributed by atoms with van der Waals surface area (Å²) in [6, 6.07) is 3.61. The quantitative estimate of drug-likeness (QED) is 0.859. The van der Waals surface area contributed by atoms with Crippen LogP contribution in [0.3, 0.4) is 0 Å². The molecule has 4 heteroatoms. The highest BCUT2D eigenvalue weighted by molar-refractivity contribution is 6.32. The van der Waals surface area contributed by atoms with Crippen LogP contribution in [-0.4, -0.2) is 30.7 Å². The second kappa shape index (κ2) is 6.86. The van der Waals surface area contributed by atoms with Gasteiger partial charge in [0.2, 0.25) is 0 Å². The Balaban J connectivity index is 2.70. The zero-order chi connectivity index (χ0) is 13.7. The van der Waals surface area contributed by atoms with Crippen molar-refractivity contribution < 1.29 is 9.84 Å². The first kappa shape index (κ1) is 15.1. The maximum Gasteiger partial charge on any atom is 0.176 e. The zero-order valence-electron chi connectivity index (χ0n) is 11.5. The predicted octanol–water partition coefficient (Wildman–Crippen LogP) is 3.53. The number of ether oxygens (including phenoxy) is 1. The van der Waals surface area contributed by atoms with Gasteiger partial charge in [0, 0.05) is 6.54 Å². The maximum absolute atomic E-state index is 9.66. The van der Waals surface area contributed by atoms with Crippen LogP contribution in [0, 0.1) is 5.92 Å². The van der Waals surface area contributed by atoms with Crippen molar-refractivity contribution in [3.63, 3.8) is 0 Å². The summed E-state index contributed by atoms with van der Waals surface area (Å²) in [5, 5.41) is 10.00. The standard InChI is InChI=1S/C14H22ClNO2/c1-10(2)5-6-16(3)9-11-7-12(15)14(17)13(8-11)18-4/h7-8,10,17H,5-6,9H2,1-4H3. The topological polar surface area (TPSA) is 32.7 Å². The summed E-state index contributed by atoms with van der Waals surface area (Å²) in [5.41, 5.74) is 1.04. The first-order valence-electron chi connectivity index (χ1n) is 6.18. The molecule has 0 saturated heterocycles. The van der Waals surface area contributed by atoms with Crippen LogP contribution in [0.15, 0.2) is 12.1 Å². The minimum absolute atomic E-state index is 0.00718. The van der Waals surface area contributed by atoms with E-state index in [-0.39, 0.29) is 5.75 Å². The highest BCUT2D eigenvalue weighted by Gasteiger charge is 2.10. The average molecular weight is 272 g/mol. The molecule has 1 N–H and O–H groups in total. The summed E-state index contributed by atoms with van der Waals surface area (Å²) in [4.78, 5) is 2.24. The largest absolute Gasteiger partial charge is 0.503 e. The highest BCUT2D eigenvalue weighted by Crippen LogP contribution is 2.35. The van der Waals surface area contributed by atoms with Gasteiger partial charge in [-0.25, -0.2) is 0 Å². The van der Waals surface area contributed by atoms with Gasteiger partial charge >= 0.3 is 0 Å². The van der Waals surface area contributed by atoms with Gasteiger partial charge in [0.1, 0.15) is 0 Å². The van der Waals surface area contributed by atoms with Crippen molar-refractivity contribution in [3.8, 4) is 11.5 Å². The van der Waals surface area contributed by atoms with Gasteiger partial charge in [-0.15, -0.1) is 0 Å². The monoisotopic (exact) mass is 271 g/mol. The Kier molecular flexibility index (Phi) is 5.76. The van der Waals surface area contributed by atoms with E-state index in [1.807, 2.05) is 6.07 Å². The van der Waals surface area contributed by atoms with E-state index in [4.69, 9.17) is 16.3 Å². The number of methoxy groups -OCH3 is 1. The van der Waals surface area contributed by atoms with E-state index in [1.54, 1.807) is 6.07 Å². The summed E-state index contributed by atoms with van der Waals surface area (Å²) in [5.74, 6) is 1.13. The predicted molar refractivity (Wildman–Crippen MR) is 75.5 cm³/mol. The van der Waals surface area contributed by atoms with Crippen molar-refractivity contribution in [2.24, 2.45) is 5.92 Å². The van der Waals surface area contributed by atoms with Crippen LogP contribution < -0.4 is 4.74 Å². The van der Waals surface area contributed by atoms with Gasteiger partial charge in [-0.05, 0) is 43.6 Å². The van der Waals surface area contributed by atoms with Crippen LogP contribution in [0.2, 0.25) is 5.02 Å². The van der Waals surface area contributed by atoms with Crippen molar-refractivity contribution in [1.29, 1.82) is 0 Å². The molecule has 0 spiro atoms. The van der Waals surface area contributed by atoms with E-state index in [1.165, 1.54) is 13.5 Å². The fourth-order valence-corrected chi connectivity index (χ4v) is 1.98. The maximum atomic E-state index is 9.66. The minimum atomic E-state index is 0.00718. The summed E-state index contributed by atoms with van der Waals surface area (Å²) >= 11 is 5.96. The summed E-state index contributed by atoms with van der Waals surface area (Å²) in [6.07, 6.45) is 1.17. The van der Waals surface area contributed by atoms with E-state index in [0.717, 1.165) is 18.7 Å². The van der Waals surface area contributed by atoms with E-state index in [2.05, 4.69) is 25.8 Å². The van der Waals surface area contributed by atoms with Gasteiger partial charge in [-0.1, -0.05) is 25.4 Å².